The van der Waals surface area contributed by atoms with Crippen LogP contribution in [0.3, 0.4) is 0 Å². The summed E-state index contributed by atoms with van der Waals surface area (Å²) in [5, 5.41) is 10.1. The van der Waals surface area contributed by atoms with Gasteiger partial charge in [-0.2, -0.15) is 0 Å². The molecule has 0 aliphatic carbocycles. The molecule has 2 rings (SSSR count). The van der Waals surface area contributed by atoms with E-state index in [1.165, 1.54) is 16.7 Å². The van der Waals surface area contributed by atoms with Crippen molar-refractivity contribution in [3.63, 3.8) is 0 Å². The molecule has 0 atom stereocenters. The molecule has 2 N–H and O–H groups in total. The van der Waals surface area contributed by atoms with E-state index in [4.69, 9.17) is 0 Å². The van der Waals surface area contributed by atoms with Gasteiger partial charge < -0.3 is 10.2 Å². The molecule has 128 valence electrons. The smallest absolute Gasteiger partial charge is 0.243 e. The molecular formula is C16H21N5O2S. The Bertz CT molecular complexity index is 699. The number of nitrogens with zero attached hydrogens (tertiary/aromatic N) is 3. The Morgan fingerprint density at radius 3 is 2.62 bits per heavy atom. The summed E-state index contributed by atoms with van der Waals surface area (Å²) in [5.41, 5.74) is 1.84. The molecule has 0 saturated carbocycles. The molecule has 0 bridgehead atoms. The minimum absolute atomic E-state index is 0.00146. The third kappa shape index (κ3) is 5.38. The van der Waals surface area contributed by atoms with Crippen molar-refractivity contribution in [2.45, 2.75) is 25.4 Å². The Hall–Kier alpha value is -2.35. The molecule has 1 heterocycles. The standard InChI is InChI=1S/C16H21N5O2S/c1-4-13-18-16(20-19-13)24-10-15(23)21(3)9-14(22)17-12-7-5-11(2)6-8-12/h5-8H,4,9-10H2,1-3H3,(H,17,22)(H,18,19,20). The number of carbonyl (C=O) groups excluding carboxylic acids is 2. The molecule has 0 fully saturated rings. The summed E-state index contributed by atoms with van der Waals surface area (Å²) in [6, 6.07) is 7.50. The van der Waals surface area contributed by atoms with E-state index in [0.29, 0.717) is 10.8 Å². The van der Waals surface area contributed by atoms with E-state index in [-0.39, 0.29) is 24.1 Å². The van der Waals surface area contributed by atoms with E-state index in [1.54, 1.807) is 7.05 Å². The van der Waals surface area contributed by atoms with Gasteiger partial charge in [0.05, 0.1) is 12.3 Å². The van der Waals surface area contributed by atoms with Gasteiger partial charge in [-0.1, -0.05) is 36.4 Å². The van der Waals surface area contributed by atoms with Crippen LogP contribution in [0.1, 0.15) is 18.3 Å². The average molecular weight is 347 g/mol. The van der Waals surface area contributed by atoms with E-state index in [1.807, 2.05) is 38.1 Å². The molecule has 0 unspecified atom stereocenters. The molecule has 1 aromatic heterocycles. The van der Waals surface area contributed by atoms with E-state index >= 15 is 0 Å². The number of H-pyrrole nitrogens is 1. The Kier molecular flexibility index (Phi) is 6.36. The Morgan fingerprint density at radius 2 is 2.00 bits per heavy atom. The number of hydrogen-bond acceptors (Lipinski definition) is 5. The van der Waals surface area contributed by atoms with Crippen molar-refractivity contribution in [1.82, 2.24) is 20.1 Å². The fourth-order valence-electron chi connectivity index (χ4n) is 1.88. The highest BCUT2D eigenvalue weighted by molar-refractivity contribution is 7.99. The quantitative estimate of drug-likeness (QED) is 0.746. The van der Waals surface area contributed by atoms with Crippen LogP contribution < -0.4 is 5.32 Å². The maximum absolute atomic E-state index is 12.1. The molecule has 2 aromatic rings. The molecular weight excluding hydrogens is 326 g/mol. The summed E-state index contributed by atoms with van der Waals surface area (Å²) in [5.74, 6) is 0.596. The third-order valence-corrected chi connectivity index (χ3v) is 4.14. The van der Waals surface area contributed by atoms with Crippen molar-refractivity contribution in [2.75, 3.05) is 24.7 Å². The molecule has 7 nitrogen and oxygen atoms in total. The Labute approximate surface area is 145 Å². The van der Waals surface area contributed by atoms with Gasteiger partial charge in [0.2, 0.25) is 17.0 Å². The second kappa shape index (κ2) is 8.49. The van der Waals surface area contributed by atoms with Gasteiger partial charge in [-0.25, -0.2) is 4.98 Å². The van der Waals surface area contributed by atoms with Gasteiger partial charge >= 0.3 is 0 Å². The fraction of sp³-hybridized carbons (Fsp3) is 0.375. The van der Waals surface area contributed by atoms with Crippen molar-refractivity contribution in [3.8, 4) is 0 Å². The topological polar surface area (TPSA) is 91.0 Å². The van der Waals surface area contributed by atoms with Crippen LogP contribution in [0.4, 0.5) is 5.69 Å². The number of aromatic nitrogens is 3. The maximum atomic E-state index is 12.1. The highest BCUT2D eigenvalue weighted by Crippen LogP contribution is 2.13. The number of rotatable bonds is 7. The van der Waals surface area contributed by atoms with Gasteiger partial charge in [0.1, 0.15) is 5.82 Å². The number of aryl methyl sites for hydroxylation is 2. The van der Waals surface area contributed by atoms with Gasteiger partial charge in [-0.15, -0.1) is 5.10 Å². The van der Waals surface area contributed by atoms with Gasteiger partial charge in [-0.05, 0) is 19.1 Å². The van der Waals surface area contributed by atoms with Gasteiger partial charge in [0, 0.05) is 19.2 Å². The average Bonchev–Trinajstić information content (AvgIpc) is 3.02. The molecule has 0 spiro atoms. The number of nitrogens with one attached hydrogen (secondary N) is 2. The van der Waals surface area contributed by atoms with Crippen molar-refractivity contribution in [3.05, 3.63) is 35.7 Å². The minimum Gasteiger partial charge on any atom is -0.336 e. The minimum atomic E-state index is -0.231. The van der Waals surface area contributed by atoms with Gasteiger partial charge in [0.25, 0.3) is 0 Å². The normalized spacial score (nSPS) is 10.5. The SMILES string of the molecule is CCc1nc(SCC(=O)N(C)CC(=O)Nc2ccc(C)cc2)n[nH]1. The number of thioether (sulfide) groups is 1. The summed E-state index contributed by atoms with van der Waals surface area (Å²) in [7, 11) is 1.60. The van der Waals surface area contributed by atoms with Crippen molar-refractivity contribution in [2.24, 2.45) is 0 Å². The lowest BCUT2D eigenvalue weighted by Crippen LogP contribution is -2.35. The molecule has 0 aliphatic rings. The lowest BCUT2D eigenvalue weighted by molar-refractivity contribution is -0.131. The monoisotopic (exact) mass is 347 g/mol. The number of aromatic amines is 1. The second-order valence-electron chi connectivity index (χ2n) is 5.37. The van der Waals surface area contributed by atoms with E-state index in [9.17, 15) is 9.59 Å². The van der Waals surface area contributed by atoms with Crippen LogP contribution in [0.25, 0.3) is 0 Å². The first-order valence-corrected chi connectivity index (χ1v) is 8.61. The lowest BCUT2D eigenvalue weighted by atomic mass is 10.2. The van der Waals surface area contributed by atoms with Gasteiger partial charge in [0.15, 0.2) is 0 Å². The lowest BCUT2D eigenvalue weighted by Gasteiger charge is -2.16. The van der Waals surface area contributed by atoms with Gasteiger partial charge in [-0.3, -0.25) is 14.7 Å². The number of anilines is 1. The molecule has 1 aromatic carbocycles. The Morgan fingerprint density at radius 1 is 1.29 bits per heavy atom. The number of carbonyl (C=O) groups is 2. The summed E-state index contributed by atoms with van der Waals surface area (Å²) in [4.78, 5) is 29.7. The van der Waals surface area contributed by atoms with Crippen LogP contribution in [-0.4, -0.2) is 51.2 Å². The number of benzene rings is 1. The van der Waals surface area contributed by atoms with Crippen LogP contribution in [-0.2, 0) is 16.0 Å². The van der Waals surface area contributed by atoms with E-state index in [2.05, 4.69) is 20.5 Å². The first-order valence-electron chi connectivity index (χ1n) is 7.62. The first kappa shape index (κ1) is 18.0. The predicted octanol–water partition coefficient (Wildman–Crippen LogP) is 1.86. The summed E-state index contributed by atoms with van der Waals surface area (Å²) >= 11 is 1.25. The third-order valence-electron chi connectivity index (χ3n) is 3.31. The summed E-state index contributed by atoms with van der Waals surface area (Å²) in [6.45, 7) is 3.95. The van der Waals surface area contributed by atoms with Crippen LogP contribution in [0.15, 0.2) is 29.4 Å². The second-order valence-corrected chi connectivity index (χ2v) is 6.31. The highest BCUT2D eigenvalue weighted by atomic mass is 32.2. The summed E-state index contributed by atoms with van der Waals surface area (Å²) < 4.78 is 0. The first-order chi connectivity index (χ1) is 11.5. The molecule has 0 radical (unpaired) electrons. The predicted molar refractivity (Wildman–Crippen MR) is 93.9 cm³/mol. The maximum Gasteiger partial charge on any atom is 0.243 e. The van der Waals surface area contributed by atoms with Crippen LogP contribution in [0, 0.1) is 6.92 Å². The van der Waals surface area contributed by atoms with E-state index < -0.39 is 0 Å². The molecule has 8 heteroatoms. The van der Waals surface area contributed by atoms with Crippen LogP contribution in [0.5, 0.6) is 0 Å². The highest BCUT2D eigenvalue weighted by Gasteiger charge is 2.14. The zero-order valence-electron chi connectivity index (χ0n) is 14.0. The summed E-state index contributed by atoms with van der Waals surface area (Å²) in [6.07, 6.45) is 0.764. The molecule has 24 heavy (non-hydrogen) atoms. The Balaban J connectivity index is 1.77. The van der Waals surface area contributed by atoms with E-state index in [0.717, 1.165) is 17.8 Å². The number of likely N-dealkylation sites (N-methyl/N-ethyl adjacent to an activating group) is 1. The number of amides is 2. The van der Waals surface area contributed by atoms with Crippen molar-refractivity contribution >= 4 is 29.3 Å². The zero-order valence-corrected chi connectivity index (χ0v) is 14.8. The molecule has 0 saturated heterocycles. The molecule has 2 amide bonds. The van der Waals surface area contributed by atoms with Crippen molar-refractivity contribution < 1.29 is 9.59 Å². The molecule has 0 aliphatic heterocycles. The number of hydrogen-bond donors (Lipinski definition) is 2. The van der Waals surface area contributed by atoms with Crippen LogP contribution in [0.2, 0.25) is 0 Å². The largest absolute Gasteiger partial charge is 0.336 e. The fourth-order valence-corrected chi connectivity index (χ4v) is 2.64. The zero-order chi connectivity index (χ0) is 17.5. The van der Waals surface area contributed by atoms with Crippen LogP contribution >= 0.6 is 11.8 Å². The van der Waals surface area contributed by atoms with Crippen molar-refractivity contribution in [1.29, 1.82) is 0 Å².